The Bertz CT molecular complexity index is 1210. The number of hydrogen-bond acceptors (Lipinski definition) is 6. The largest absolute Gasteiger partial charge is 0.493 e. The Morgan fingerprint density at radius 1 is 1.00 bits per heavy atom. The van der Waals surface area contributed by atoms with E-state index < -0.39 is 36.6 Å². The van der Waals surface area contributed by atoms with Gasteiger partial charge in [0.25, 0.3) is 6.43 Å². The summed E-state index contributed by atoms with van der Waals surface area (Å²) in [5.41, 5.74) is 3.66. The van der Waals surface area contributed by atoms with E-state index in [9.17, 15) is 13.6 Å². The van der Waals surface area contributed by atoms with Crippen molar-refractivity contribution < 1.29 is 41.3 Å². The lowest BCUT2D eigenvalue weighted by molar-refractivity contribution is -0.148. The zero-order chi connectivity index (χ0) is 30.1. The van der Waals surface area contributed by atoms with E-state index in [1.54, 1.807) is 6.92 Å². The van der Waals surface area contributed by atoms with Crippen molar-refractivity contribution in [3.63, 3.8) is 0 Å². The third-order valence-electron chi connectivity index (χ3n) is 7.61. The Balaban J connectivity index is 1.31. The summed E-state index contributed by atoms with van der Waals surface area (Å²) >= 11 is 0. The predicted octanol–water partition coefficient (Wildman–Crippen LogP) is 6.52. The van der Waals surface area contributed by atoms with Crippen LogP contribution in [0.1, 0.15) is 62.3 Å². The van der Waals surface area contributed by atoms with Gasteiger partial charge in [0, 0.05) is 30.3 Å². The topological polar surface area (TPSA) is 57.2 Å². The lowest BCUT2D eigenvalue weighted by atomic mass is 9.84. The SMILES string of the molecule is CCOC(=O)COCCOCCCCCOc1cc(F)c([C@@H]2C3=C(C[C@@H](C)N2CC(F)F)c2ccccc2C3)c(F)c1. The van der Waals surface area contributed by atoms with Gasteiger partial charge < -0.3 is 18.9 Å². The fraction of sp³-hybridized carbons (Fsp3) is 0.531. The molecule has 10 heteroatoms. The highest BCUT2D eigenvalue weighted by atomic mass is 19.3. The van der Waals surface area contributed by atoms with E-state index in [0.29, 0.717) is 45.7 Å². The highest BCUT2D eigenvalue weighted by molar-refractivity contribution is 5.79. The first-order chi connectivity index (χ1) is 20.3. The van der Waals surface area contributed by atoms with Crippen LogP contribution in [0.2, 0.25) is 0 Å². The van der Waals surface area contributed by atoms with Crippen LogP contribution in [0.4, 0.5) is 17.6 Å². The van der Waals surface area contributed by atoms with Crippen molar-refractivity contribution in [2.75, 3.05) is 46.2 Å². The van der Waals surface area contributed by atoms with E-state index in [1.165, 1.54) is 4.90 Å². The number of rotatable bonds is 16. The monoisotopic (exact) mass is 593 g/mol. The Morgan fingerprint density at radius 3 is 2.45 bits per heavy atom. The summed E-state index contributed by atoms with van der Waals surface area (Å²) in [6, 6.07) is 8.87. The molecule has 0 spiro atoms. The molecule has 0 amide bonds. The number of ether oxygens (including phenoxy) is 4. The molecule has 2 aromatic carbocycles. The normalized spacial score (nSPS) is 18.4. The van der Waals surface area contributed by atoms with Crippen LogP contribution in [0.15, 0.2) is 42.0 Å². The minimum atomic E-state index is -2.63. The Kier molecular flexibility index (Phi) is 11.8. The molecular formula is C32H39F4NO5. The fourth-order valence-corrected chi connectivity index (χ4v) is 5.77. The van der Waals surface area contributed by atoms with E-state index in [1.807, 2.05) is 31.2 Å². The molecule has 0 saturated heterocycles. The molecule has 0 aromatic heterocycles. The number of hydrogen-bond donors (Lipinski definition) is 0. The van der Waals surface area contributed by atoms with Crippen LogP contribution < -0.4 is 4.74 Å². The van der Waals surface area contributed by atoms with Crippen molar-refractivity contribution in [3.05, 3.63) is 70.3 Å². The lowest BCUT2D eigenvalue weighted by Gasteiger charge is -2.42. The molecule has 0 unspecified atom stereocenters. The molecule has 2 aromatic rings. The second-order valence-corrected chi connectivity index (χ2v) is 10.6. The maximum atomic E-state index is 15.6. The number of carbonyl (C=O) groups is 1. The first kappa shape index (κ1) is 32.0. The van der Waals surface area contributed by atoms with Crippen molar-refractivity contribution in [2.45, 2.75) is 64.5 Å². The number of fused-ring (bicyclic) bond motifs is 2. The number of alkyl halides is 2. The van der Waals surface area contributed by atoms with E-state index in [2.05, 4.69) is 0 Å². The van der Waals surface area contributed by atoms with E-state index in [0.717, 1.165) is 47.2 Å². The van der Waals surface area contributed by atoms with Gasteiger partial charge in [-0.15, -0.1) is 0 Å². The third-order valence-corrected chi connectivity index (χ3v) is 7.61. The zero-order valence-electron chi connectivity index (χ0n) is 24.2. The fourth-order valence-electron chi connectivity index (χ4n) is 5.77. The summed E-state index contributed by atoms with van der Waals surface area (Å²) in [4.78, 5) is 12.7. The molecule has 1 aliphatic heterocycles. The maximum Gasteiger partial charge on any atom is 0.332 e. The summed E-state index contributed by atoms with van der Waals surface area (Å²) in [6.45, 7) is 4.64. The van der Waals surface area contributed by atoms with Gasteiger partial charge in [-0.25, -0.2) is 22.4 Å². The third kappa shape index (κ3) is 8.11. The van der Waals surface area contributed by atoms with Gasteiger partial charge in [0.1, 0.15) is 24.0 Å². The number of carbonyl (C=O) groups excluding carboxylic acids is 1. The lowest BCUT2D eigenvalue weighted by Crippen LogP contribution is -2.44. The average Bonchev–Trinajstić information content (AvgIpc) is 3.31. The van der Waals surface area contributed by atoms with E-state index in [4.69, 9.17) is 18.9 Å². The van der Waals surface area contributed by atoms with Gasteiger partial charge in [-0.1, -0.05) is 24.3 Å². The number of esters is 1. The predicted molar refractivity (Wildman–Crippen MR) is 151 cm³/mol. The highest BCUT2D eigenvalue weighted by Gasteiger charge is 2.42. The van der Waals surface area contributed by atoms with Crippen molar-refractivity contribution in [3.8, 4) is 5.75 Å². The highest BCUT2D eigenvalue weighted by Crippen LogP contribution is 2.49. The zero-order valence-corrected chi connectivity index (χ0v) is 24.2. The Labute approximate surface area is 244 Å². The van der Waals surface area contributed by atoms with Gasteiger partial charge in [-0.2, -0.15) is 0 Å². The van der Waals surface area contributed by atoms with Crippen LogP contribution >= 0.6 is 0 Å². The van der Waals surface area contributed by atoms with Crippen molar-refractivity contribution in [1.29, 1.82) is 0 Å². The number of benzene rings is 2. The first-order valence-corrected chi connectivity index (χ1v) is 14.6. The van der Waals surface area contributed by atoms with Gasteiger partial charge in [-0.05, 0) is 68.2 Å². The van der Waals surface area contributed by atoms with E-state index in [-0.39, 0.29) is 30.6 Å². The molecule has 2 aliphatic rings. The quantitative estimate of drug-likeness (QED) is 0.126. The van der Waals surface area contributed by atoms with Crippen molar-refractivity contribution >= 4 is 11.5 Å². The van der Waals surface area contributed by atoms with Crippen LogP contribution in [-0.2, 0) is 25.4 Å². The Hall–Kier alpha value is -2.95. The standard InChI is InChI=1S/C32H39F4NO5/c1-3-41-30(38)20-40-14-13-39-11-7-4-8-12-42-23-17-27(33)31(28(34)18-23)32-26-16-22-9-5-6-10-24(22)25(26)15-21(2)37(32)19-29(35)36/h5-6,9-10,17-18,21,29,32H,3-4,7-8,11-16,19-20H2,1-2H3/t21-,32+/m1/s1. The molecule has 42 heavy (non-hydrogen) atoms. The van der Waals surface area contributed by atoms with Crippen molar-refractivity contribution in [1.82, 2.24) is 4.90 Å². The number of unbranched alkanes of at least 4 members (excludes halogenated alkanes) is 2. The van der Waals surface area contributed by atoms with Crippen LogP contribution in [0.5, 0.6) is 5.75 Å². The van der Waals surface area contributed by atoms with Gasteiger partial charge >= 0.3 is 5.97 Å². The summed E-state index contributed by atoms with van der Waals surface area (Å²) < 4.78 is 79.5. The number of halogens is 4. The molecular weight excluding hydrogens is 554 g/mol. The minimum absolute atomic E-state index is 0.0666. The molecule has 0 saturated carbocycles. The van der Waals surface area contributed by atoms with Gasteiger partial charge in [0.15, 0.2) is 0 Å². The molecule has 1 heterocycles. The van der Waals surface area contributed by atoms with Crippen LogP contribution in [-0.4, -0.2) is 69.5 Å². The molecule has 4 rings (SSSR count). The van der Waals surface area contributed by atoms with Crippen LogP contribution in [0, 0.1) is 11.6 Å². The molecule has 0 bridgehead atoms. The molecule has 0 radical (unpaired) electrons. The van der Waals surface area contributed by atoms with Gasteiger partial charge in [-0.3, -0.25) is 4.90 Å². The molecule has 1 aliphatic carbocycles. The Morgan fingerprint density at radius 2 is 1.71 bits per heavy atom. The van der Waals surface area contributed by atoms with Gasteiger partial charge in [0.2, 0.25) is 0 Å². The first-order valence-electron chi connectivity index (χ1n) is 14.6. The summed E-state index contributed by atoms with van der Waals surface area (Å²) in [6.07, 6.45) is 0.600. The molecule has 230 valence electrons. The summed E-state index contributed by atoms with van der Waals surface area (Å²) in [5, 5.41) is 0. The van der Waals surface area contributed by atoms with Crippen molar-refractivity contribution in [2.24, 2.45) is 0 Å². The second kappa shape index (κ2) is 15.5. The van der Waals surface area contributed by atoms with Crippen LogP contribution in [0.25, 0.3) is 5.57 Å². The molecule has 2 atom stereocenters. The maximum absolute atomic E-state index is 15.6. The summed E-state index contributed by atoms with van der Waals surface area (Å²) in [7, 11) is 0. The van der Waals surface area contributed by atoms with E-state index >= 15 is 8.78 Å². The molecule has 0 fully saturated rings. The average molecular weight is 594 g/mol. The minimum Gasteiger partial charge on any atom is -0.493 e. The van der Waals surface area contributed by atoms with Gasteiger partial charge in [0.05, 0.1) is 39.0 Å². The smallest absolute Gasteiger partial charge is 0.332 e. The molecule has 6 nitrogen and oxygen atoms in total. The number of nitrogens with zero attached hydrogens (tertiary/aromatic N) is 1. The van der Waals surface area contributed by atoms with Crippen LogP contribution in [0.3, 0.4) is 0 Å². The summed E-state index contributed by atoms with van der Waals surface area (Å²) in [5.74, 6) is -1.94. The molecule has 0 N–H and O–H groups in total. The second-order valence-electron chi connectivity index (χ2n) is 10.6.